The summed E-state index contributed by atoms with van der Waals surface area (Å²) < 4.78 is 1.53. The summed E-state index contributed by atoms with van der Waals surface area (Å²) in [5, 5.41) is 11.1. The molecule has 2 heterocycles. The highest BCUT2D eigenvalue weighted by Crippen LogP contribution is 2.28. The molecule has 1 saturated heterocycles. The first-order valence-corrected chi connectivity index (χ1v) is 16.9. The molecule has 0 bridgehead atoms. The van der Waals surface area contributed by atoms with E-state index >= 15 is 0 Å². The van der Waals surface area contributed by atoms with Crippen LogP contribution < -0.4 is 26.8 Å². The van der Waals surface area contributed by atoms with Gasteiger partial charge in [-0.2, -0.15) is 0 Å². The van der Waals surface area contributed by atoms with Crippen LogP contribution in [0, 0.1) is 16.7 Å². The summed E-state index contributed by atoms with van der Waals surface area (Å²) in [6, 6.07) is 0.870. The molecule has 1 aromatic rings. The molecule has 1 aliphatic carbocycles. The summed E-state index contributed by atoms with van der Waals surface area (Å²) in [4.78, 5) is 80.6. The SMILES string of the molecule is CCCNC(=O)C(=O)C(/C=C/C1CCC1)NC(=O)[C@@H]1CCCN1C(=O)[C@@H](NC(=O)N[C@H](Cn1ccccc1=O)C(C)(C)C)C(C)(C)C. The quantitative estimate of drug-likeness (QED) is 0.189. The van der Waals surface area contributed by atoms with Crippen LogP contribution in [0.5, 0.6) is 0 Å². The van der Waals surface area contributed by atoms with Crippen molar-refractivity contribution in [2.45, 2.75) is 118 Å². The zero-order valence-corrected chi connectivity index (χ0v) is 29.1. The van der Waals surface area contributed by atoms with E-state index < -0.39 is 64.5 Å². The van der Waals surface area contributed by atoms with Gasteiger partial charge in [-0.3, -0.25) is 24.0 Å². The Kier molecular flexibility index (Phi) is 13.0. The number of urea groups is 1. The number of likely N-dealkylation sites (tertiary alicyclic amines) is 1. The van der Waals surface area contributed by atoms with Crippen molar-refractivity contribution in [3.63, 3.8) is 0 Å². The number of Topliss-reactive ketones (excluding diaryl/α,β-unsaturated/α-hetero) is 1. The van der Waals surface area contributed by atoms with E-state index in [1.807, 2.05) is 54.5 Å². The van der Waals surface area contributed by atoms with E-state index in [9.17, 15) is 28.8 Å². The molecule has 0 radical (unpaired) electrons. The minimum Gasteiger partial charge on any atom is -0.349 e. The third-order valence-electron chi connectivity index (χ3n) is 8.92. The smallest absolute Gasteiger partial charge is 0.315 e. The predicted molar refractivity (Wildman–Crippen MR) is 180 cm³/mol. The van der Waals surface area contributed by atoms with Crippen molar-refractivity contribution < 1.29 is 24.0 Å². The second kappa shape index (κ2) is 16.2. The topological polar surface area (TPSA) is 159 Å². The molecule has 47 heavy (non-hydrogen) atoms. The van der Waals surface area contributed by atoms with E-state index in [-0.39, 0.29) is 12.1 Å². The van der Waals surface area contributed by atoms with Crippen LogP contribution >= 0.6 is 0 Å². The number of rotatable bonds is 13. The van der Waals surface area contributed by atoms with Gasteiger partial charge in [-0.15, -0.1) is 0 Å². The monoisotopic (exact) mass is 654 g/mol. The molecule has 12 nitrogen and oxygen atoms in total. The number of hydrogen-bond acceptors (Lipinski definition) is 6. The molecule has 2 aliphatic rings. The van der Waals surface area contributed by atoms with Crippen LogP contribution in [-0.2, 0) is 25.7 Å². The minimum atomic E-state index is -1.15. The van der Waals surface area contributed by atoms with Crippen molar-refractivity contribution in [1.29, 1.82) is 0 Å². The fraction of sp³-hybridized carbons (Fsp3) is 0.657. The molecule has 1 saturated carbocycles. The number of ketones is 1. The molecule has 2 fully saturated rings. The van der Waals surface area contributed by atoms with Gasteiger partial charge in [-0.25, -0.2) is 4.79 Å². The third kappa shape index (κ3) is 10.5. The Hall–Kier alpha value is -3.96. The zero-order valence-electron chi connectivity index (χ0n) is 29.1. The van der Waals surface area contributed by atoms with Gasteiger partial charge in [-0.1, -0.05) is 73.1 Å². The van der Waals surface area contributed by atoms with Gasteiger partial charge in [0.15, 0.2) is 0 Å². The summed E-state index contributed by atoms with van der Waals surface area (Å²) in [6.45, 7) is 14.1. The Morgan fingerprint density at radius 3 is 2.21 bits per heavy atom. The van der Waals surface area contributed by atoms with Crippen LogP contribution in [0.25, 0.3) is 0 Å². The average molecular weight is 655 g/mol. The Balaban J connectivity index is 1.76. The Labute approximate surface area is 278 Å². The largest absolute Gasteiger partial charge is 0.349 e. The number of nitrogens with one attached hydrogen (secondary N) is 4. The van der Waals surface area contributed by atoms with E-state index in [4.69, 9.17) is 0 Å². The van der Waals surface area contributed by atoms with Crippen molar-refractivity contribution in [2.24, 2.45) is 16.7 Å². The van der Waals surface area contributed by atoms with Crippen LogP contribution in [0.1, 0.15) is 87.0 Å². The fourth-order valence-corrected chi connectivity index (χ4v) is 5.61. The molecule has 4 atom stereocenters. The van der Waals surface area contributed by atoms with Crippen LogP contribution in [0.4, 0.5) is 4.79 Å². The van der Waals surface area contributed by atoms with Crippen LogP contribution in [0.2, 0.25) is 0 Å². The molecule has 260 valence electrons. The van der Waals surface area contributed by atoms with Gasteiger partial charge in [-0.05, 0) is 54.9 Å². The molecule has 12 heteroatoms. The first-order chi connectivity index (χ1) is 22.0. The van der Waals surface area contributed by atoms with Crippen molar-refractivity contribution in [3.8, 4) is 0 Å². The number of carbonyl (C=O) groups is 5. The highest BCUT2D eigenvalue weighted by atomic mass is 16.2. The van der Waals surface area contributed by atoms with E-state index in [1.165, 1.54) is 15.5 Å². The maximum atomic E-state index is 14.1. The molecule has 3 rings (SSSR count). The van der Waals surface area contributed by atoms with Gasteiger partial charge < -0.3 is 30.7 Å². The lowest BCUT2D eigenvalue weighted by Gasteiger charge is -2.37. The first-order valence-electron chi connectivity index (χ1n) is 16.9. The normalized spacial score (nSPS) is 19.0. The van der Waals surface area contributed by atoms with Gasteiger partial charge in [0.25, 0.3) is 11.5 Å². The predicted octanol–water partition coefficient (Wildman–Crippen LogP) is 2.90. The number of hydrogen-bond donors (Lipinski definition) is 4. The van der Waals surface area contributed by atoms with Crippen LogP contribution in [0.3, 0.4) is 0 Å². The van der Waals surface area contributed by atoms with Crippen molar-refractivity contribution >= 4 is 29.5 Å². The third-order valence-corrected chi connectivity index (χ3v) is 8.92. The molecule has 0 aromatic carbocycles. The summed E-state index contributed by atoms with van der Waals surface area (Å²) in [6.07, 6.45) is 9.84. The lowest BCUT2D eigenvalue weighted by molar-refractivity contribution is -0.143. The Morgan fingerprint density at radius 2 is 1.64 bits per heavy atom. The number of allylic oxidation sites excluding steroid dienone is 1. The second-order valence-electron chi connectivity index (χ2n) is 14.9. The number of nitrogens with zero attached hydrogens (tertiary/aromatic N) is 2. The van der Waals surface area contributed by atoms with Crippen molar-refractivity contribution in [1.82, 2.24) is 30.7 Å². The number of carbonyl (C=O) groups excluding carboxylic acids is 5. The molecule has 1 aliphatic heterocycles. The van der Waals surface area contributed by atoms with Gasteiger partial charge in [0.1, 0.15) is 18.1 Å². The molecular weight excluding hydrogens is 600 g/mol. The maximum Gasteiger partial charge on any atom is 0.315 e. The van der Waals surface area contributed by atoms with Crippen LogP contribution in [0.15, 0.2) is 41.3 Å². The van der Waals surface area contributed by atoms with E-state index in [0.29, 0.717) is 38.3 Å². The van der Waals surface area contributed by atoms with Crippen molar-refractivity contribution in [2.75, 3.05) is 13.1 Å². The second-order valence-corrected chi connectivity index (χ2v) is 14.9. The first kappa shape index (κ1) is 37.5. The molecule has 1 aromatic heterocycles. The number of aromatic nitrogens is 1. The lowest BCUT2D eigenvalue weighted by Crippen LogP contribution is -2.61. The minimum absolute atomic E-state index is 0.186. The number of pyridine rings is 1. The van der Waals surface area contributed by atoms with Gasteiger partial charge in [0.2, 0.25) is 17.6 Å². The standard InChI is InChI=1S/C35H54N6O6/c1-8-19-36-31(45)28(43)24(18-17-23-13-11-14-23)37-30(44)25-15-12-21-41(25)32(46)29(35(5,6)7)39-33(47)38-26(34(2,3)4)22-40-20-10-9-16-27(40)42/h9-10,16-18,20,23-26,29H,8,11-15,19,21-22H2,1-7H3,(H,36,45)(H,37,44)(H2,38,39,47)/b18-17+/t24?,25-,26+,29+/m0/s1. The average Bonchev–Trinajstić information content (AvgIpc) is 3.46. The Morgan fingerprint density at radius 1 is 0.936 bits per heavy atom. The summed E-state index contributed by atoms with van der Waals surface area (Å²) >= 11 is 0. The van der Waals surface area contributed by atoms with Gasteiger partial charge in [0.05, 0.1) is 6.04 Å². The number of amides is 5. The molecule has 5 amide bonds. The fourth-order valence-electron chi connectivity index (χ4n) is 5.61. The molecule has 1 unspecified atom stereocenters. The lowest BCUT2D eigenvalue weighted by atomic mass is 9.85. The maximum absolute atomic E-state index is 14.1. The molecule has 4 N–H and O–H groups in total. The van der Waals surface area contributed by atoms with Crippen LogP contribution in [-0.4, -0.2) is 76.3 Å². The van der Waals surface area contributed by atoms with Gasteiger partial charge >= 0.3 is 6.03 Å². The van der Waals surface area contributed by atoms with Crippen molar-refractivity contribution in [3.05, 3.63) is 46.9 Å². The summed E-state index contributed by atoms with van der Waals surface area (Å²) in [5.41, 5.74) is -1.32. The highest BCUT2D eigenvalue weighted by molar-refractivity contribution is 6.39. The highest BCUT2D eigenvalue weighted by Gasteiger charge is 2.43. The zero-order chi connectivity index (χ0) is 34.9. The van der Waals surface area contributed by atoms with E-state index in [0.717, 1.165) is 19.3 Å². The van der Waals surface area contributed by atoms with E-state index in [1.54, 1.807) is 24.4 Å². The summed E-state index contributed by atoms with van der Waals surface area (Å²) in [5.74, 6) is -2.14. The Bertz CT molecular complexity index is 1370. The van der Waals surface area contributed by atoms with Gasteiger partial charge in [0, 0.05) is 31.9 Å². The molecule has 0 spiro atoms. The molecular formula is C35H54N6O6. The van der Waals surface area contributed by atoms with E-state index in [2.05, 4.69) is 21.3 Å². The summed E-state index contributed by atoms with van der Waals surface area (Å²) in [7, 11) is 0.